The Morgan fingerprint density at radius 2 is 1.92 bits per heavy atom. The molecule has 1 atom stereocenters. The third-order valence-electron chi connectivity index (χ3n) is 2.69. The molecule has 0 bridgehead atoms. The van der Waals surface area contributed by atoms with Gasteiger partial charge < -0.3 is 10.5 Å². The topological polar surface area (TPSA) is 38.5 Å². The van der Waals surface area contributed by atoms with Crippen molar-refractivity contribution in [2.75, 3.05) is 26.3 Å². The lowest BCUT2D eigenvalue weighted by molar-refractivity contribution is -0.0143. The van der Waals surface area contributed by atoms with Gasteiger partial charge in [0.1, 0.15) is 0 Å². The maximum Gasteiger partial charge on any atom is 0.0594 e. The molecule has 1 fully saturated rings. The smallest absolute Gasteiger partial charge is 0.0594 e. The summed E-state index contributed by atoms with van der Waals surface area (Å²) in [5, 5.41) is 0. The standard InChI is InChI=1S/C10H22N2O/c1-9(11)8-10(2,3)12-4-6-13-7-5-12/h9H,4-8,11H2,1-3H3. The quantitative estimate of drug-likeness (QED) is 0.709. The van der Waals surface area contributed by atoms with Crippen LogP contribution < -0.4 is 5.73 Å². The van der Waals surface area contributed by atoms with Gasteiger partial charge in [0.2, 0.25) is 0 Å². The molecule has 0 aromatic carbocycles. The van der Waals surface area contributed by atoms with Crippen molar-refractivity contribution in [1.82, 2.24) is 4.90 Å². The number of nitrogens with two attached hydrogens (primary N) is 1. The summed E-state index contributed by atoms with van der Waals surface area (Å²) in [5.74, 6) is 0. The van der Waals surface area contributed by atoms with Crippen LogP contribution in [0.4, 0.5) is 0 Å². The SMILES string of the molecule is CC(N)CC(C)(C)N1CCOCC1. The summed E-state index contributed by atoms with van der Waals surface area (Å²) >= 11 is 0. The zero-order valence-corrected chi connectivity index (χ0v) is 9.05. The van der Waals surface area contributed by atoms with Crippen molar-refractivity contribution in [1.29, 1.82) is 0 Å². The van der Waals surface area contributed by atoms with Crippen LogP contribution in [0.15, 0.2) is 0 Å². The van der Waals surface area contributed by atoms with Crippen molar-refractivity contribution < 1.29 is 4.74 Å². The summed E-state index contributed by atoms with van der Waals surface area (Å²) in [6.45, 7) is 10.4. The van der Waals surface area contributed by atoms with Gasteiger partial charge in [-0.05, 0) is 27.2 Å². The van der Waals surface area contributed by atoms with Gasteiger partial charge in [0.05, 0.1) is 13.2 Å². The lowest BCUT2D eigenvalue weighted by Crippen LogP contribution is -2.51. The van der Waals surface area contributed by atoms with E-state index in [0.29, 0.717) is 0 Å². The second-order valence-electron chi connectivity index (χ2n) is 4.59. The van der Waals surface area contributed by atoms with Gasteiger partial charge in [0, 0.05) is 24.7 Å². The van der Waals surface area contributed by atoms with Crippen molar-refractivity contribution >= 4 is 0 Å². The first-order valence-corrected chi connectivity index (χ1v) is 5.11. The van der Waals surface area contributed by atoms with Crippen LogP contribution in [0, 0.1) is 0 Å². The first kappa shape index (κ1) is 11.0. The van der Waals surface area contributed by atoms with Crippen LogP contribution >= 0.6 is 0 Å². The Morgan fingerprint density at radius 1 is 1.38 bits per heavy atom. The molecule has 78 valence electrons. The van der Waals surface area contributed by atoms with Crippen LogP contribution in [-0.2, 0) is 4.74 Å². The molecule has 2 N–H and O–H groups in total. The van der Waals surface area contributed by atoms with E-state index in [1.54, 1.807) is 0 Å². The highest BCUT2D eigenvalue weighted by molar-refractivity contribution is 4.85. The van der Waals surface area contributed by atoms with Crippen LogP contribution in [0.2, 0.25) is 0 Å². The van der Waals surface area contributed by atoms with Crippen LogP contribution in [0.25, 0.3) is 0 Å². The average molecular weight is 186 g/mol. The lowest BCUT2D eigenvalue weighted by Gasteiger charge is -2.41. The van der Waals surface area contributed by atoms with Gasteiger partial charge in [-0.2, -0.15) is 0 Å². The Balaban J connectivity index is 2.45. The van der Waals surface area contributed by atoms with Gasteiger partial charge in [-0.25, -0.2) is 0 Å². The van der Waals surface area contributed by atoms with Gasteiger partial charge >= 0.3 is 0 Å². The molecule has 3 nitrogen and oxygen atoms in total. The Labute approximate surface area is 81.2 Å². The minimum atomic E-state index is 0.220. The normalized spacial score (nSPS) is 23.1. The molecule has 1 aliphatic rings. The largest absolute Gasteiger partial charge is 0.379 e. The van der Waals surface area contributed by atoms with Crippen molar-refractivity contribution in [3.63, 3.8) is 0 Å². The maximum absolute atomic E-state index is 5.83. The average Bonchev–Trinajstić information content (AvgIpc) is 2.04. The van der Waals surface area contributed by atoms with E-state index in [1.165, 1.54) is 0 Å². The summed E-state index contributed by atoms with van der Waals surface area (Å²) in [7, 11) is 0. The van der Waals surface area contributed by atoms with E-state index >= 15 is 0 Å². The number of hydrogen-bond acceptors (Lipinski definition) is 3. The summed E-state index contributed by atoms with van der Waals surface area (Å²) in [4.78, 5) is 2.47. The van der Waals surface area contributed by atoms with E-state index in [-0.39, 0.29) is 11.6 Å². The number of nitrogens with zero attached hydrogens (tertiary/aromatic N) is 1. The highest BCUT2D eigenvalue weighted by atomic mass is 16.5. The van der Waals surface area contributed by atoms with Crippen molar-refractivity contribution in [3.8, 4) is 0 Å². The molecule has 0 aromatic rings. The Bertz CT molecular complexity index is 151. The van der Waals surface area contributed by atoms with E-state index in [2.05, 4.69) is 25.7 Å². The molecule has 0 amide bonds. The second-order valence-corrected chi connectivity index (χ2v) is 4.59. The molecular weight excluding hydrogens is 164 g/mol. The fourth-order valence-electron chi connectivity index (χ4n) is 2.09. The van der Waals surface area contributed by atoms with Crippen LogP contribution in [0.5, 0.6) is 0 Å². The van der Waals surface area contributed by atoms with Crippen molar-refractivity contribution in [2.24, 2.45) is 5.73 Å². The van der Waals surface area contributed by atoms with E-state index in [9.17, 15) is 0 Å². The molecule has 0 aromatic heterocycles. The monoisotopic (exact) mass is 186 g/mol. The number of ether oxygens (including phenoxy) is 1. The molecule has 0 saturated carbocycles. The fourth-order valence-corrected chi connectivity index (χ4v) is 2.09. The molecule has 0 radical (unpaired) electrons. The first-order chi connectivity index (χ1) is 6.02. The summed E-state index contributed by atoms with van der Waals surface area (Å²) in [6, 6.07) is 0.276. The predicted molar refractivity (Wildman–Crippen MR) is 54.7 cm³/mol. The Hall–Kier alpha value is -0.120. The zero-order valence-electron chi connectivity index (χ0n) is 9.05. The van der Waals surface area contributed by atoms with Gasteiger partial charge in [-0.3, -0.25) is 4.90 Å². The zero-order chi connectivity index (χ0) is 9.90. The molecule has 0 spiro atoms. The molecule has 0 aliphatic carbocycles. The Morgan fingerprint density at radius 3 is 2.38 bits per heavy atom. The van der Waals surface area contributed by atoms with Gasteiger partial charge in [-0.15, -0.1) is 0 Å². The van der Waals surface area contributed by atoms with Crippen molar-refractivity contribution in [2.45, 2.75) is 38.8 Å². The molecule has 1 saturated heterocycles. The summed E-state index contributed by atoms with van der Waals surface area (Å²) in [6.07, 6.45) is 1.05. The third-order valence-corrected chi connectivity index (χ3v) is 2.69. The number of hydrogen-bond donors (Lipinski definition) is 1. The molecule has 13 heavy (non-hydrogen) atoms. The first-order valence-electron chi connectivity index (χ1n) is 5.11. The minimum Gasteiger partial charge on any atom is -0.379 e. The summed E-state index contributed by atoms with van der Waals surface area (Å²) < 4.78 is 5.33. The van der Waals surface area contributed by atoms with E-state index in [0.717, 1.165) is 32.7 Å². The van der Waals surface area contributed by atoms with E-state index in [1.807, 2.05) is 0 Å². The second kappa shape index (κ2) is 4.40. The molecular formula is C10H22N2O. The predicted octanol–water partition coefficient (Wildman–Crippen LogP) is 0.835. The van der Waals surface area contributed by atoms with E-state index in [4.69, 9.17) is 10.5 Å². The highest BCUT2D eigenvalue weighted by Crippen LogP contribution is 2.20. The van der Waals surface area contributed by atoms with E-state index < -0.39 is 0 Å². The number of morpholine rings is 1. The van der Waals surface area contributed by atoms with Gasteiger partial charge in [-0.1, -0.05) is 0 Å². The van der Waals surface area contributed by atoms with Crippen LogP contribution in [0.3, 0.4) is 0 Å². The van der Waals surface area contributed by atoms with Crippen LogP contribution in [-0.4, -0.2) is 42.8 Å². The molecule has 1 unspecified atom stereocenters. The van der Waals surface area contributed by atoms with Gasteiger partial charge in [0.15, 0.2) is 0 Å². The van der Waals surface area contributed by atoms with Crippen molar-refractivity contribution in [3.05, 3.63) is 0 Å². The molecule has 3 heteroatoms. The Kier molecular flexibility index (Phi) is 3.71. The fraction of sp³-hybridized carbons (Fsp3) is 1.00. The summed E-state index contributed by atoms with van der Waals surface area (Å²) in [5.41, 5.74) is 6.05. The lowest BCUT2D eigenvalue weighted by atomic mass is 9.94. The third kappa shape index (κ3) is 3.25. The molecule has 1 heterocycles. The molecule has 1 rings (SSSR count). The van der Waals surface area contributed by atoms with Crippen LogP contribution in [0.1, 0.15) is 27.2 Å². The number of rotatable bonds is 3. The molecule has 1 aliphatic heterocycles. The highest BCUT2D eigenvalue weighted by Gasteiger charge is 2.28. The van der Waals surface area contributed by atoms with Gasteiger partial charge in [0.25, 0.3) is 0 Å². The maximum atomic E-state index is 5.83. The minimum absolute atomic E-state index is 0.220.